The predicted molar refractivity (Wildman–Crippen MR) is 228 cm³/mol. The van der Waals surface area contributed by atoms with Crippen molar-refractivity contribution < 1.29 is 53.1 Å². The fourth-order valence-corrected chi connectivity index (χ4v) is 23.7. The van der Waals surface area contributed by atoms with Crippen LogP contribution in [0.3, 0.4) is 0 Å². The summed E-state index contributed by atoms with van der Waals surface area (Å²) in [7, 11) is 6.85. The minimum Gasteiger partial charge on any atom is -0.377 e. The highest BCUT2D eigenvalue weighted by Crippen LogP contribution is 2.33. The lowest BCUT2D eigenvalue weighted by molar-refractivity contribution is 0.122. The molecule has 0 amide bonds. The summed E-state index contributed by atoms with van der Waals surface area (Å²) in [5.41, 5.74) is 0. The predicted octanol–water partition coefficient (Wildman–Crippen LogP) is 7.32. The summed E-state index contributed by atoms with van der Waals surface area (Å²) in [6, 6.07) is 10.8. The van der Waals surface area contributed by atoms with Gasteiger partial charge in [0.25, 0.3) is 0 Å². The summed E-state index contributed by atoms with van der Waals surface area (Å²) in [4.78, 5) is 2.67. The van der Waals surface area contributed by atoms with Crippen molar-refractivity contribution in [1.29, 1.82) is 0 Å². The van der Waals surface area contributed by atoms with E-state index in [0.29, 0.717) is 0 Å². The molecule has 0 saturated heterocycles. The zero-order chi connectivity index (χ0) is 40.5. The summed E-state index contributed by atoms with van der Waals surface area (Å²) < 4.78 is 68.9. The topological polar surface area (TPSA) is 114 Å². The third-order valence-corrected chi connectivity index (χ3v) is 32.4. The second-order valence-electron chi connectivity index (χ2n) is 14.9. The molecule has 0 fully saturated rings. The van der Waals surface area contributed by atoms with Gasteiger partial charge in [0.05, 0.1) is 16.1 Å². The Balaban J connectivity index is 5.59. The molecule has 19 heteroatoms. The fourth-order valence-electron chi connectivity index (χ4n) is 7.79. The molecule has 0 heterocycles. The molecule has 320 valence electrons. The second-order valence-corrected chi connectivity index (χ2v) is 37.5. The van der Waals surface area contributed by atoms with Crippen LogP contribution in [0.15, 0.2) is 0 Å². The Labute approximate surface area is 332 Å². The molecule has 0 spiro atoms. The molecule has 0 radical (unpaired) electrons. The van der Waals surface area contributed by atoms with Gasteiger partial charge in [0.15, 0.2) is 0 Å². The normalized spacial score (nSPS) is 13.8. The molecule has 0 aromatic rings. The first kappa shape index (κ1) is 53.8. The zero-order valence-corrected chi connectivity index (χ0v) is 42.8. The molecule has 0 unspecified atom stereocenters. The fraction of sp³-hybridized carbons (Fsp3) is 1.00. The highest BCUT2D eigenvalue weighted by molar-refractivity contribution is 6.79. The smallest absolute Gasteiger partial charge is 0.377 e. The number of nitrogens with zero attached hydrogens (tertiary/aromatic N) is 1. The van der Waals surface area contributed by atoms with Crippen molar-refractivity contribution in [2.75, 3.05) is 105 Å². The van der Waals surface area contributed by atoms with E-state index >= 15 is 0 Å². The van der Waals surface area contributed by atoms with E-state index < -0.39 is 51.4 Å². The summed E-state index contributed by atoms with van der Waals surface area (Å²) in [6.45, 7) is 10.8. The van der Waals surface area contributed by atoms with Gasteiger partial charge in [0, 0.05) is 109 Å². The monoisotopic (exact) mass is 865 g/mol. The minimum atomic E-state index is -2.60. The molecule has 0 aliphatic rings. The van der Waals surface area contributed by atoms with Crippen LogP contribution in [0, 0.1) is 0 Å². The quantitative estimate of drug-likeness (QED) is 0.0582. The largest absolute Gasteiger partial charge is 0.500 e. The van der Waals surface area contributed by atoms with Crippen LogP contribution in [0.5, 0.6) is 0 Å². The Morgan fingerprint density at radius 3 is 0.660 bits per heavy atom. The summed E-state index contributed by atoms with van der Waals surface area (Å²) in [5, 5.41) is 0. The van der Waals surface area contributed by atoms with Crippen LogP contribution in [-0.4, -0.2) is 161 Å². The molecule has 0 aliphatic heterocycles. The Morgan fingerprint density at radius 2 is 0.491 bits per heavy atom. The molecule has 0 rings (SSSR count). The van der Waals surface area contributed by atoms with E-state index in [1.165, 1.54) is 49.1 Å². The van der Waals surface area contributed by atoms with Gasteiger partial charge in [-0.05, 0) is 32.5 Å². The van der Waals surface area contributed by atoms with E-state index in [9.17, 15) is 0 Å². The Hall–Kier alpha value is 0.781. The average molecular weight is 867 g/mol. The lowest BCUT2D eigenvalue weighted by Gasteiger charge is -2.33. The first-order valence-corrected chi connectivity index (χ1v) is 33.5. The molecule has 53 heavy (non-hydrogen) atoms. The molecule has 13 nitrogen and oxygen atoms in total. The summed E-state index contributed by atoms with van der Waals surface area (Å²) >= 11 is 0. The number of hydrogen-bond acceptors (Lipinski definition) is 13. The Morgan fingerprint density at radius 1 is 0.302 bits per heavy atom. The van der Waals surface area contributed by atoms with Crippen molar-refractivity contribution in [1.82, 2.24) is 4.90 Å². The molecule has 0 aromatic heterocycles. The first-order valence-electron chi connectivity index (χ1n) is 19.5. The molecular formula is C34H83NO12Si6. The van der Waals surface area contributed by atoms with Gasteiger partial charge in [0.2, 0.25) is 0 Å². The first-order chi connectivity index (χ1) is 25.2. The Bertz CT molecular complexity index is 749. The van der Waals surface area contributed by atoms with Gasteiger partial charge >= 0.3 is 35.2 Å². The van der Waals surface area contributed by atoms with Crippen molar-refractivity contribution in [2.24, 2.45) is 0 Å². The van der Waals surface area contributed by atoms with Crippen molar-refractivity contribution >= 4 is 51.4 Å². The minimum absolute atomic E-state index is 0.840. The molecular weight excluding hydrogens is 783 g/mol. The van der Waals surface area contributed by atoms with Gasteiger partial charge in [0.1, 0.15) is 0 Å². The SMILES string of the molecule is CCN(CCC[Si](C)(CCC[Si](OC)(OC)OC)CCC[Si](OC)(OC)OC)CCC[Si](C)(CCC[Si](OC)(OC)OC)CCC[Si](OC)(OC)OC. The molecule has 0 N–H and O–H groups in total. The lowest BCUT2D eigenvalue weighted by Crippen LogP contribution is -2.44. The maximum absolute atomic E-state index is 5.74. The van der Waals surface area contributed by atoms with Crippen LogP contribution >= 0.6 is 0 Å². The summed E-state index contributed by atoms with van der Waals surface area (Å²) in [6.07, 6.45) is 6.64. The standard InChI is InChI=1S/C34H83NO12Si6/c1-16-35(23-17-25-48(14,27-19-31-50(36-2,37-3)38-4)28-20-32-51(39-5,40-6)41-7)24-18-26-49(15,29-21-33-52(42-8,43-9)44-10)30-22-34-53(45-11,46-12)47-13/h16-34H2,1-15H3. The van der Waals surface area contributed by atoms with E-state index in [1.54, 1.807) is 85.3 Å². The molecule has 0 aliphatic carbocycles. The van der Waals surface area contributed by atoms with Gasteiger partial charge < -0.3 is 58.0 Å². The van der Waals surface area contributed by atoms with Gasteiger partial charge in [-0.1, -0.05) is 82.0 Å². The zero-order valence-electron chi connectivity index (χ0n) is 36.8. The van der Waals surface area contributed by atoms with Crippen LogP contribution in [-0.2, 0) is 53.1 Å². The molecule has 0 saturated carbocycles. The van der Waals surface area contributed by atoms with Crippen molar-refractivity contribution in [3.8, 4) is 0 Å². The average Bonchev–Trinajstić information content (AvgIpc) is 3.19. The third-order valence-electron chi connectivity index (χ3n) is 11.7. The van der Waals surface area contributed by atoms with Crippen molar-refractivity contribution in [3.05, 3.63) is 0 Å². The van der Waals surface area contributed by atoms with Crippen molar-refractivity contribution in [3.63, 3.8) is 0 Å². The van der Waals surface area contributed by atoms with Crippen LogP contribution in [0.25, 0.3) is 0 Å². The number of hydrogen-bond donors (Lipinski definition) is 0. The highest BCUT2D eigenvalue weighted by atomic mass is 28.4. The van der Waals surface area contributed by atoms with E-state index in [-0.39, 0.29) is 0 Å². The van der Waals surface area contributed by atoms with Crippen LogP contribution in [0.1, 0.15) is 45.4 Å². The molecule has 0 bridgehead atoms. The van der Waals surface area contributed by atoms with E-state index in [4.69, 9.17) is 53.1 Å². The summed E-state index contributed by atoms with van der Waals surface area (Å²) in [5.74, 6) is 0. The van der Waals surface area contributed by atoms with Crippen molar-refractivity contribution in [2.45, 2.75) is 119 Å². The van der Waals surface area contributed by atoms with Crippen LogP contribution in [0.4, 0.5) is 0 Å². The van der Waals surface area contributed by atoms with E-state index in [2.05, 4.69) is 24.9 Å². The van der Waals surface area contributed by atoms with Gasteiger partial charge in [-0.25, -0.2) is 0 Å². The van der Waals surface area contributed by atoms with Crippen LogP contribution in [0.2, 0.25) is 73.5 Å². The second kappa shape index (κ2) is 28.2. The van der Waals surface area contributed by atoms with Gasteiger partial charge in [-0.15, -0.1) is 0 Å². The van der Waals surface area contributed by atoms with E-state index in [1.807, 2.05) is 0 Å². The lowest BCUT2D eigenvalue weighted by atomic mass is 10.3. The van der Waals surface area contributed by atoms with Crippen LogP contribution < -0.4 is 0 Å². The van der Waals surface area contributed by atoms with E-state index in [0.717, 1.165) is 69.5 Å². The Kier molecular flexibility index (Phi) is 28.7. The molecule has 0 atom stereocenters. The maximum atomic E-state index is 5.74. The maximum Gasteiger partial charge on any atom is 0.500 e. The van der Waals surface area contributed by atoms with Gasteiger partial charge in [-0.2, -0.15) is 0 Å². The molecule has 0 aromatic carbocycles. The third kappa shape index (κ3) is 18.9. The highest BCUT2D eigenvalue weighted by Gasteiger charge is 2.42. The van der Waals surface area contributed by atoms with Gasteiger partial charge in [-0.3, -0.25) is 0 Å². The number of rotatable bonds is 37.